The largest absolute Gasteiger partial charge is 0.490 e. The minimum Gasteiger partial charge on any atom is -0.490 e. The molecule has 0 N–H and O–H groups in total. The summed E-state index contributed by atoms with van der Waals surface area (Å²) in [6, 6.07) is 13.0. The van der Waals surface area contributed by atoms with Crippen LogP contribution < -0.4 is 14.2 Å². The Balaban J connectivity index is 1.35. The van der Waals surface area contributed by atoms with Gasteiger partial charge in [-0.2, -0.15) is 0 Å². The molecule has 29 heavy (non-hydrogen) atoms. The zero-order valence-corrected chi connectivity index (χ0v) is 16.9. The number of carbonyl (C=O) groups is 1. The molecule has 0 saturated carbocycles. The smallest absolute Gasteiger partial charge is 0.306 e. The maximum atomic E-state index is 11.9. The molecule has 1 fully saturated rings. The summed E-state index contributed by atoms with van der Waals surface area (Å²) in [5, 5.41) is 0.598. The Morgan fingerprint density at radius 1 is 1.17 bits per heavy atom. The normalized spacial score (nSPS) is 19.2. The predicted octanol–water partition coefficient (Wildman–Crippen LogP) is 3.78. The Kier molecular flexibility index (Phi) is 5.83. The molecular formula is C22H23ClO6. The molecule has 4 rings (SSSR count). The Labute approximate surface area is 174 Å². The summed E-state index contributed by atoms with van der Waals surface area (Å²) in [5.41, 5.74) is 0.735. The molecule has 0 amide bonds. The average molecular weight is 419 g/mol. The van der Waals surface area contributed by atoms with Crippen molar-refractivity contribution in [1.82, 2.24) is 0 Å². The predicted molar refractivity (Wildman–Crippen MR) is 107 cm³/mol. The highest BCUT2D eigenvalue weighted by Gasteiger charge is 2.42. The Bertz CT molecular complexity index is 862. The SMILES string of the molecule is CCOC(=O)CC1(c2ccc(OC[C@H]3COc4ccc(Cl)cc4O3)cc2)COC1. The Morgan fingerprint density at radius 3 is 2.66 bits per heavy atom. The van der Waals surface area contributed by atoms with Crippen molar-refractivity contribution in [3.63, 3.8) is 0 Å². The summed E-state index contributed by atoms with van der Waals surface area (Å²) in [6.45, 7) is 3.98. The van der Waals surface area contributed by atoms with Crippen LogP contribution in [-0.4, -0.2) is 45.1 Å². The lowest BCUT2D eigenvalue weighted by molar-refractivity contribution is -0.151. The summed E-state index contributed by atoms with van der Waals surface area (Å²) in [4.78, 5) is 11.9. The van der Waals surface area contributed by atoms with E-state index in [9.17, 15) is 4.79 Å². The number of carbonyl (C=O) groups excluding carboxylic acids is 1. The lowest BCUT2D eigenvalue weighted by Gasteiger charge is -2.41. The van der Waals surface area contributed by atoms with Crippen LogP contribution in [0.25, 0.3) is 0 Å². The van der Waals surface area contributed by atoms with Crippen LogP contribution in [0.4, 0.5) is 0 Å². The second kappa shape index (κ2) is 8.51. The van der Waals surface area contributed by atoms with Crippen molar-refractivity contribution in [2.75, 3.05) is 33.0 Å². The summed E-state index contributed by atoms with van der Waals surface area (Å²) in [6.07, 6.45) is 0.0897. The molecular weight excluding hydrogens is 396 g/mol. The molecule has 6 nitrogen and oxygen atoms in total. The number of benzene rings is 2. The molecule has 2 aromatic carbocycles. The van der Waals surface area contributed by atoms with Crippen LogP contribution in [0.2, 0.25) is 5.02 Å². The molecule has 0 radical (unpaired) electrons. The van der Waals surface area contributed by atoms with E-state index in [2.05, 4.69) is 0 Å². The van der Waals surface area contributed by atoms with Gasteiger partial charge in [0, 0.05) is 11.1 Å². The van der Waals surface area contributed by atoms with E-state index in [0.29, 0.717) is 56.0 Å². The first-order chi connectivity index (χ1) is 14.1. The van der Waals surface area contributed by atoms with E-state index in [-0.39, 0.29) is 17.5 Å². The number of ether oxygens (including phenoxy) is 5. The van der Waals surface area contributed by atoms with Gasteiger partial charge in [-0.3, -0.25) is 4.79 Å². The van der Waals surface area contributed by atoms with Crippen molar-refractivity contribution in [3.05, 3.63) is 53.1 Å². The number of rotatable bonds is 7. The third-order valence-electron chi connectivity index (χ3n) is 5.07. The van der Waals surface area contributed by atoms with Gasteiger partial charge in [-0.25, -0.2) is 0 Å². The maximum absolute atomic E-state index is 11.9. The second-order valence-corrected chi connectivity index (χ2v) is 7.67. The quantitative estimate of drug-likeness (QED) is 0.638. The first-order valence-corrected chi connectivity index (χ1v) is 10.0. The fourth-order valence-corrected chi connectivity index (χ4v) is 3.64. The lowest BCUT2D eigenvalue weighted by Crippen LogP contribution is -2.48. The van der Waals surface area contributed by atoms with Crippen LogP contribution in [0.3, 0.4) is 0 Å². The van der Waals surface area contributed by atoms with Crippen molar-refractivity contribution in [2.24, 2.45) is 0 Å². The number of esters is 1. The van der Waals surface area contributed by atoms with Gasteiger partial charge in [-0.05, 0) is 36.8 Å². The van der Waals surface area contributed by atoms with Gasteiger partial charge in [0.15, 0.2) is 17.6 Å². The Hall–Kier alpha value is -2.44. The molecule has 1 atom stereocenters. The van der Waals surface area contributed by atoms with Gasteiger partial charge in [0.05, 0.1) is 31.7 Å². The van der Waals surface area contributed by atoms with E-state index in [0.717, 1.165) is 11.3 Å². The number of hydrogen-bond acceptors (Lipinski definition) is 6. The summed E-state index contributed by atoms with van der Waals surface area (Å²) in [5.74, 6) is 1.83. The van der Waals surface area contributed by atoms with Crippen LogP contribution in [0.5, 0.6) is 17.2 Å². The molecule has 7 heteroatoms. The highest BCUT2D eigenvalue weighted by molar-refractivity contribution is 6.30. The number of halogens is 1. The van der Waals surface area contributed by atoms with Crippen LogP contribution >= 0.6 is 11.6 Å². The second-order valence-electron chi connectivity index (χ2n) is 7.23. The molecule has 2 aliphatic rings. The molecule has 2 aliphatic heterocycles. The zero-order valence-electron chi connectivity index (χ0n) is 16.2. The van der Waals surface area contributed by atoms with E-state index in [1.54, 1.807) is 18.2 Å². The highest BCUT2D eigenvalue weighted by Crippen LogP contribution is 2.37. The maximum Gasteiger partial charge on any atom is 0.306 e. The standard InChI is InChI=1S/C22H23ClO6/c1-2-26-21(24)10-22(13-25-14-22)15-3-6-17(7-4-15)27-11-18-12-28-19-8-5-16(23)9-20(19)29-18/h3-9,18H,2,10-14H2,1H3/t18-/m0/s1. The minimum atomic E-state index is -0.311. The number of fused-ring (bicyclic) bond motifs is 1. The first-order valence-electron chi connectivity index (χ1n) is 9.64. The Morgan fingerprint density at radius 2 is 1.97 bits per heavy atom. The van der Waals surface area contributed by atoms with Crippen LogP contribution in [0.1, 0.15) is 18.9 Å². The first kappa shape index (κ1) is 19.9. The van der Waals surface area contributed by atoms with Gasteiger partial charge < -0.3 is 23.7 Å². The molecule has 154 valence electrons. The third kappa shape index (κ3) is 4.43. The molecule has 2 aromatic rings. The molecule has 2 heterocycles. The highest BCUT2D eigenvalue weighted by atomic mass is 35.5. The summed E-state index contributed by atoms with van der Waals surface area (Å²) in [7, 11) is 0. The molecule has 0 aromatic heterocycles. The monoisotopic (exact) mass is 418 g/mol. The zero-order chi connectivity index (χ0) is 20.3. The van der Waals surface area contributed by atoms with Gasteiger partial charge in [0.25, 0.3) is 0 Å². The van der Waals surface area contributed by atoms with Crippen molar-refractivity contribution in [2.45, 2.75) is 24.9 Å². The molecule has 0 unspecified atom stereocenters. The lowest BCUT2D eigenvalue weighted by atomic mass is 9.76. The van der Waals surface area contributed by atoms with E-state index in [1.165, 1.54) is 0 Å². The van der Waals surface area contributed by atoms with E-state index >= 15 is 0 Å². The van der Waals surface area contributed by atoms with Gasteiger partial charge in [0.2, 0.25) is 0 Å². The van der Waals surface area contributed by atoms with Gasteiger partial charge in [-0.15, -0.1) is 0 Å². The third-order valence-corrected chi connectivity index (χ3v) is 5.31. The van der Waals surface area contributed by atoms with Crippen molar-refractivity contribution in [1.29, 1.82) is 0 Å². The van der Waals surface area contributed by atoms with Crippen molar-refractivity contribution >= 4 is 17.6 Å². The number of hydrogen-bond donors (Lipinski definition) is 0. The van der Waals surface area contributed by atoms with Gasteiger partial charge in [0.1, 0.15) is 19.0 Å². The summed E-state index contributed by atoms with van der Waals surface area (Å²) < 4.78 is 28.0. The summed E-state index contributed by atoms with van der Waals surface area (Å²) >= 11 is 6.01. The molecule has 0 aliphatic carbocycles. The van der Waals surface area contributed by atoms with E-state index in [4.69, 9.17) is 35.3 Å². The molecule has 0 spiro atoms. The van der Waals surface area contributed by atoms with Crippen molar-refractivity contribution < 1.29 is 28.5 Å². The topological polar surface area (TPSA) is 63.2 Å². The molecule has 1 saturated heterocycles. The average Bonchev–Trinajstić information content (AvgIpc) is 2.69. The van der Waals surface area contributed by atoms with Gasteiger partial charge >= 0.3 is 5.97 Å². The van der Waals surface area contributed by atoms with Crippen molar-refractivity contribution in [3.8, 4) is 17.2 Å². The van der Waals surface area contributed by atoms with Crippen LogP contribution in [-0.2, 0) is 19.7 Å². The van der Waals surface area contributed by atoms with Crippen LogP contribution in [0.15, 0.2) is 42.5 Å². The van der Waals surface area contributed by atoms with Crippen LogP contribution in [0, 0.1) is 0 Å². The fraction of sp³-hybridized carbons (Fsp3) is 0.409. The fourth-order valence-electron chi connectivity index (χ4n) is 3.47. The van der Waals surface area contributed by atoms with Gasteiger partial charge in [-0.1, -0.05) is 23.7 Å². The van der Waals surface area contributed by atoms with E-state index < -0.39 is 0 Å². The minimum absolute atomic E-state index is 0.203. The van der Waals surface area contributed by atoms with E-state index in [1.807, 2.05) is 31.2 Å². The molecule has 0 bridgehead atoms.